The van der Waals surface area contributed by atoms with Crippen LogP contribution in [-0.4, -0.2) is 26.1 Å². The fraction of sp³-hybridized carbons (Fsp3) is 0.222. The molecule has 0 spiro atoms. The summed E-state index contributed by atoms with van der Waals surface area (Å²) >= 11 is 4.30. The zero-order valence-corrected chi connectivity index (χ0v) is 12.1. The van der Waals surface area contributed by atoms with Crippen molar-refractivity contribution in [2.75, 3.05) is 12.4 Å². The third-order valence-corrected chi connectivity index (χ3v) is 3.55. The monoisotopic (exact) mass is 345 g/mol. The quantitative estimate of drug-likeness (QED) is 0.664. The lowest BCUT2D eigenvalue weighted by molar-refractivity contribution is -0.386. The molecule has 0 aliphatic carbocycles. The van der Waals surface area contributed by atoms with Gasteiger partial charge in [0, 0.05) is 35.3 Å². The third-order valence-electron chi connectivity index (χ3n) is 2.33. The largest absolute Gasteiger partial charge is 0.377 e. The molecule has 100 valence electrons. The highest BCUT2D eigenvalue weighted by atomic mass is 79.9. The molecule has 0 saturated carbocycles. The molecule has 0 aliphatic heterocycles. The van der Waals surface area contributed by atoms with Crippen LogP contribution in [0.5, 0.6) is 0 Å². The van der Waals surface area contributed by atoms with Crippen molar-refractivity contribution in [2.45, 2.75) is 6.54 Å². The summed E-state index contributed by atoms with van der Waals surface area (Å²) in [6.45, 7) is 0.117. The Labute approximate surface area is 119 Å². The number of nitrogens with one attached hydrogen (secondary N) is 1. The molecule has 0 unspecified atom stereocenters. The number of nitrogens with zero attached hydrogens (tertiary/aromatic N) is 4. The van der Waals surface area contributed by atoms with Gasteiger partial charge in [0.05, 0.1) is 11.5 Å². The van der Waals surface area contributed by atoms with E-state index in [2.05, 4.69) is 30.8 Å². The normalized spacial score (nSPS) is 10.4. The van der Waals surface area contributed by atoms with E-state index in [0.717, 1.165) is 16.5 Å². The van der Waals surface area contributed by atoms with E-state index in [1.165, 1.54) is 16.8 Å². The van der Waals surface area contributed by atoms with E-state index in [1.807, 2.05) is 0 Å². The van der Waals surface area contributed by atoms with E-state index in [4.69, 9.17) is 0 Å². The average molecular weight is 346 g/mol. The van der Waals surface area contributed by atoms with E-state index in [9.17, 15) is 14.9 Å². The third kappa shape index (κ3) is 2.79. The molecule has 10 heteroatoms. The SMILES string of the molecule is CNc1snnc1Cn1cc(Br)cc([N+](=O)[O-])c1=O. The molecule has 0 radical (unpaired) electrons. The first-order chi connectivity index (χ1) is 9.02. The van der Waals surface area contributed by atoms with Crippen molar-refractivity contribution < 1.29 is 4.92 Å². The lowest BCUT2D eigenvalue weighted by atomic mass is 10.3. The predicted octanol–water partition coefficient (Wildman–Crippen LogP) is 1.46. The number of anilines is 1. The highest BCUT2D eigenvalue weighted by Crippen LogP contribution is 2.19. The van der Waals surface area contributed by atoms with Gasteiger partial charge in [-0.2, -0.15) is 0 Å². The molecular weight excluding hydrogens is 338 g/mol. The van der Waals surface area contributed by atoms with Gasteiger partial charge in [0.15, 0.2) is 0 Å². The molecular formula is C9H8BrN5O3S. The maximum Gasteiger partial charge on any atom is 0.335 e. The Morgan fingerprint density at radius 3 is 3.00 bits per heavy atom. The molecule has 0 amide bonds. The summed E-state index contributed by atoms with van der Waals surface area (Å²) in [6, 6.07) is 1.18. The minimum atomic E-state index is -0.706. The Morgan fingerprint density at radius 2 is 2.37 bits per heavy atom. The number of aromatic nitrogens is 3. The van der Waals surface area contributed by atoms with Gasteiger partial charge in [0.25, 0.3) is 0 Å². The second-order valence-electron chi connectivity index (χ2n) is 3.53. The molecule has 2 heterocycles. The summed E-state index contributed by atoms with van der Waals surface area (Å²) in [7, 11) is 1.71. The molecule has 0 aliphatic rings. The predicted molar refractivity (Wildman–Crippen MR) is 73.6 cm³/mol. The van der Waals surface area contributed by atoms with Gasteiger partial charge in [0.2, 0.25) is 0 Å². The Balaban J connectivity index is 2.46. The summed E-state index contributed by atoms with van der Waals surface area (Å²) in [5, 5.41) is 18.3. The van der Waals surface area contributed by atoms with E-state index in [-0.39, 0.29) is 6.54 Å². The van der Waals surface area contributed by atoms with Crippen LogP contribution in [0.1, 0.15) is 5.69 Å². The van der Waals surface area contributed by atoms with Crippen LogP contribution in [0, 0.1) is 10.1 Å². The highest BCUT2D eigenvalue weighted by molar-refractivity contribution is 9.10. The molecule has 8 nitrogen and oxygen atoms in total. The zero-order chi connectivity index (χ0) is 14.0. The molecule has 1 N–H and O–H groups in total. The summed E-state index contributed by atoms with van der Waals surface area (Å²) in [5.74, 6) is 0. The van der Waals surface area contributed by atoms with E-state index in [0.29, 0.717) is 10.2 Å². The van der Waals surface area contributed by atoms with Crippen molar-refractivity contribution in [1.29, 1.82) is 0 Å². The number of rotatable bonds is 4. The van der Waals surface area contributed by atoms with Gasteiger partial charge in [-0.1, -0.05) is 4.49 Å². The minimum Gasteiger partial charge on any atom is -0.377 e. The molecule has 19 heavy (non-hydrogen) atoms. The minimum absolute atomic E-state index is 0.117. The van der Waals surface area contributed by atoms with Crippen molar-refractivity contribution >= 4 is 38.2 Å². The van der Waals surface area contributed by atoms with Crippen LogP contribution in [0.15, 0.2) is 21.5 Å². The molecule has 0 fully saturated rings. The van der Waals surface area contributed by atoms with Gasteiger partial charge in [0.1, 0.15) is 10.7 Å². The number of pyridine rings is 1. The van der Waals surface area contributed by atoms with Crippen LogP contribution in [0.2, 0.25) is 0 Å². The van der Waals surface area contributed by atoms with Gasteiger partial charge in [-0.05, 0) is 15.9 Å². The van der Waals surface area contributed by atoms with Gasteiger partial charge < -0.3 is 9.88 Å². The van der Waals surface area contributed by atoms with Crippen molar-refractivity contribution in [1.82, 2.24) is 14.2 Å². The molecule has 2 aromatic heterocycles. The second kappa shape index (κ2) is 5.45. The lowest BCUT2D eigenvalue weighted by Gasteiger charge is -2.05. The topological polar surface area (TPSA) is 103 Å². The van der Waals surface area contributed by atoms with Crippen LogP contribution < -0.4 is 10.9 Å². The molecule has 0 aromatic carbocycles. The van der Waals surface area contributed by atoms with Gasteiger partial charge in [-0.15, -0.1) is 5.10 Å². The average Bonchev–Trinajstić information content (AvgIpc) is 2.80. The highest BCUT2D eigenvalue weighted by Gasteiger charge is 2.17. The summed E-state index contributed by atoms with van der Waals surface area (Å²) < 4.78 is 5.44. The molecule has 0 bridgehead atoms. The number of halogens is 1. The van der Waals surface area contributed by atoms with Crippen molar-refractivity contribution in [3.8, 4) is 0 Å². The molecule has 0 atom stereocenters. The number of nitro groups is 1. The first-order valence-corrected chi connectivity index (χ1v) is 6.63. The summed E-state index contributed by atoms with van der Waals surface area (Å²) in [5.41, 5.74) is -0.603. The van der Waals surface area contributed by atoms with Gasteiger partial charge in [-0.25, -0.2) is 0 Å². The first kappa shape index (κ1) is 13.6. The number of hydrogen-bond acceptors (Lipinski definition) is 7. The summed E-state index contributed by atoms with van der Waals surface area (Å²) in [6.07, 6.45) is 1.48. The van der Waals surface area contributed by atoms with Crippen LogP contribution in [-0.2, 0) is 6.54 Å². The van der Waals surface area contributed by atoms with E-state index >= 15 is 0 Å². The fourth-order valence-electron chi connectivity index (χ4n) is 1.50. The van der Waals surface area contributed by atoms with Crippen molar-refractivity contribution in [3.63, 3.8) is 0 Å². The van der Waals surface area contributed by atoms with E-state index in [1.54, 1.807) is 7.05 Å². The van der Waals surface area contributed by atoms with Crippen LogP contribution >= 0.6 is 27.5 Å². The van der Waals surface area contributed by atoms with Crippen LogP contribution in [0.4, 0.5) is 10.7 Å². The maximum absolute atomic E-state index is 11.9. The molecule has 2 rings (SSSR count). The zero-order valence-electron chi connectivity index (χ0n) is 9.66. The standard InChI is InChI=1S/C9H8BrN5O3S/c1-11-8-6(12-13-19-8)4-14-3-5(10)2-7(9(14)16)15(17)18/h2-3,11H,4H2,1H3. The smallest absolute Gasteiger partial charge is 0.335 e. The second-order valence-corrected chi connectivity index (χ2v) is 5.20. The van der Waals surface area contributed by atoms with Gasteiger partial charge in [-0.3, -0.25) is 14.9 Å². The molecule has 0 saturated heterocycles. The summed E-state index contributed by atoms with van der Waals surface area (Å²) in [4.78, 5) is 22.0. The fourth-order valence-corrected chi connectivity index (χ4v) is 2.48. The Bertz CT molecular complexity index is 683. The first-order valence-electron chi connectivity index (χ1n) is 5.06. The Hall–Kier alpha value is -1.81. The Morgan fingerprint density at radius 1 is 1.63 bits per heavy atom. The van der Waals surface area contributed by atoms with Crippen molar-refractivity contribution in [2.24, 2.45) is 0 Å². The Kier molecular flexibility index (Phi) is 3.90. The van der Waals surface area contributed by atoms with E-state index < -0.39 is 16.2 Å². The number of hydrogen-bond donors (Lipinski definition) is 1. The molecule has 2 aromatic rings. The van der Waals surface area contributed by atoms with Crippen LogP contribution in [0.25, 0.3) is 0 Å². The van der Waals surface area contributed by atoms with Crippen LogP contribution in [0.3, 0.4) is 0 Å². The van der Waals surface area contributed by atoms with Crippen molar-refractivity contribution in [3.05, 3.63) is 42.9 Å². The van der Waals surface area contributed by atoms with Gasteiger partial charge >= 0.3 is 11.2 Å². The lowest BCUT2D eigenvalue weighted by Crippen LogP contribution is -2.23. The maximum atomic E-state index is 11.9.